The molecule has 2 aromatic rings. The van der Waals surface area contributed by atoms with Crippen LogP contribution >= 0.6 is 0 Å². The maximum atomic E-state index is 5.59. The zero-order valence-electron chi connectivity index (χ0n) is 10.9. The van der Waals surface area contributed by atoms with Crippen LogP contribution in [-0.2, 0) is 6.54 Å². The number of benzene rings is 1. The smallest absolute Gasteiger partial charge is 0.121 e. The average molecular weight is 245 g/mol. The summed E-state index contributed by atoms with van der Waals surface area (Å²) >= 11 is 0. The van der Waals surface area contributed by atoms with Gasteiger partial charge in [-0.25, -0.2) is 4.98 Å². The van der Waals surface area contributed by atoms with Crippen molar-refractivity contribution in [3.05, 3.63) is 42.0 Å². The number of hydrogen-bond donors (Lipinski definition) is 2. The number of aromatic nitrogens is 2. The molecule has 0 fully saturated rings. The minimum absolute atomic E-state index is 0.715. The molecule has 18 heavy (non-hydrogen) atoms. The van der Waals surface area contributed by atoms with Crippen molar-refractivity contribution in [1.29, 1.82) is 0 Å². The van der Waals surface area contributed by atoms with E-state index in [9.17, 15) is 0 Å². The summed E-state index contributed by atoms with van der Waals surface area (Å²) in [5.41, 5.74) is 3.18. The van der Waals surface area contributed by atoms with E-state index in [4.69, 9.17) is 4.74 Å². The lowest BCUT2D eigenvalue weighted by atomic mass is 10.3. The van der Waals surface area contributed by atoms with E-state index >= 15 is 0 Å². The van der Waals surface area contributed by atoms with Gasteiger partial charge in [-0.2, -0.15) is 0 Å². The number of imidazole rings is 1. The Kier molecular flexibility index (Phi) is 4.23. The number of nitrogens with zero attached hydrogens (tertiary/aromatic N) is 1. The molecule has 0 atom stereocenters. The normalized spacial score (nSPS) is 10.3. The van der Waals surface area contributed by atoms with E-state index in [1.165, 1.54) is 0 Å². The molecule has 1 aromatic heterocycles. The van der Waals surface area contributed by atoms with E-state index in [-0.39, 0.29) is 0 Å². The first-order chi connectivity index (χ1) is 8.79. The van der Waals surface area contributed by atoms with Crippen LogP contribution in [0.4, 0.5) is 5.69 Å². The van der Waals surface area contributed by atoms with Crippen LogP contribution in [0.3, 0.4) is 0 Å². The molecule has 0 unspecified atom stereocenters. The van der Waals surface area contributed by atoms with Crippen LogP contribution in [0, 0.1) is 6.92 Å². The van der Waals surface area contributed by atoms with Gasteiger partial charge in [0.25, 0.3) is 0 Å². The number of aromatic amines is 1. The number of aryl methyl sites for hydroxylation is 1. The number of rotatable bonds is 6. The summed E-state index contributed by atoms with van der Waals surface area (Å²) in [4.78, 5) is 7.32. The van der Waals surface area contributed by atoms with Crippen molar-refractivity contribution in [2.24, 2.45) is 0 Å². The Bertz CT molecular complexity index is 493. The average Bonchev–Trinajstić information content (AvgIpc) is 2.80. The number of anilines is 1. The highest BCUT2D eigenvalue weighted by atomic mass is 16.5. The second kappa shape index (κ2) is 6.10. The van der Waals surface area contributed by atoms with E-state index in [0.29, 0.717) is 6.54 Å². The second-order valence-corrected chi connectivity index (χ2v) is 4.20. The van der Waals surface area contributed by atoms with Gasteiger partial charge in [0.05, 0.1) is 25.2 Å². The summed E-state index contributed by atoms with van der Waals surface area (Å²) in [5.74, 6) is 0.903. The molecule has 0 bridgehead atoms. The molecule has 96 valence electrons. The van der Waals surface area contributed by atoms with E-state index < -0.39 is 0 Å². The van der Waals surface area contributed by atoms with Crippen LogP contribution in [0.5, 0.6) is 5.75 Å². The zero-order chi connectivity index (χ0) is 12.8. The SMILES string of the molecule is CCCOc1cccc(NCc2nc[nH]c2C)c1. The summed E-state index contributed by atoms with van der Waals surface area (Å²) in [6.07, 6.45) is 2.73. The molecule has 0 radical (unpaired) electrons. The van der Waals surface area contributed by atoms with Crippen LogP contribution in [0.15, 0.2) is 30.6 Å². The van der Waals surface area contributed by atoms with Gasteiger partial charge in [-0.15, -0.1) is 0 Å². The van der Waals surface area contributed by atoms with Gasteiger partial charge in [0.15, 0.2) is 0 Å². The molecule has 0 aliphatic rings. The maximum Gasteiger partial charge on any atom is 0.121 e. The van der Waals surface area contributed by atoms with Gasteiger partial charge in [0.1, 0.15) is 5.75 Å². The maximum absolute atomic E-state index is 5.59. The van der Waals surface area contributed by atoms with Gasteiger partial charge in [-0.05, 0) is 25.5 Å². The van der Waals surface area contributed by atoms with Crippen LogP contribution in [0.1, 0.15) is 24.7 Å². The third-order valence-electron chi connectivity index (χ3n) is 2.70. The molecule has 0 spiro atoms. The fourth-order valence-corrected chi connectivity index (χ4v) is 1.67. The summed E-state index contributed by atoms with van der Waals surface area (Å²) in [5, 5.41) is 3.34. The third kappa shape index (κ3) is 3.26. The summed E-state index contributed by atoms with van der Waals surface area (Å²) in [7, 11) is 0. The quantitative estimate of drug-likeness (QED) is 0.822. The second-order valence-electron chi connectivity index (χ2n) is 4.20. The van der Waals surface area contributed by atoms with Crippen molar-refractivity contribution in [2.75, 3.05) is 11.9 Å². The number of nitrogens with one attached hydrogen (secondary N) is 2. The van der Waals surface area contributed by atoms with Crippen molar-refractivity contribution < 1.29 is 4.74 Å². The van der Waals surface area contributed by atoms with Gasteiger partial charge in [0, 0.05) is 17.4 Å². The van der Waals surface area contributed by atoms with E-state index in [2.05, 4.69) is 22.2 Å². The van der Waals surface area contributed by atoms with E-state index in [0.717, 1.165) is 35.9 Å². The molecular formula is C14H19N3O. The lowest BCUT2D eigenvalue weighted by Gasteiger charge is -2.08. The Morgan fingerprint density at radius 3 is 3.00 bits per heavy atom. The zero-order valence-corrected chi connectivity index (χ0v) is 10.9. The Hall–Kier alpha value is -1.97. The van der Waals surface area contributed by atoms with Gasteiger partial charge >= 0.3 is 0 Å². The Labute approximate surface area is 107 Å². The van der Waals surface area contributed by atoms with Gasteiger partial charge in [-0.1, -0.05) is 13.0 Å². The van der Waals surface area contributed by atoms with Crippen LogP contribution in [0.25, 0.3) is 0 Å². The highest BCUT2D eigenvalue weighted by Crippen LogP contribution is 2.18. The molecule has 0 saturated carbocycles. The molecule has 1 aromatic carbocycles. The Morgan fingerprint density at radius 1 is 1.39 bits per heavy atom. The third-order valence-corrected chi connectivity index (χ3v) is 2.70. The molecule has 0 aliphatic carbocycles. The predicted octanol–water partition coefficient (Wildman–Crippen LogP) is 3.12. The van der Waals surface area contributed by atoms with Crippen molar-refractivity contribution in [2.45, 2.75) is 26.8 Å². The molecule has 2 N–H and O–H groups in total. The predicted molar refractivity (Wildman–Crippen MR) is 72.9 cm³/mol. The van der Waals surface area contributed by atoms with Gasteiger partial charge in [-0.3, -0.25) is 0 Å². The first kappa shape index (κ1) is 12.5. The first-order valence-corrected chi connectivity index (χ1v) is 6.25. The molecule has 4 heteroatoms. The molecule has 0 amide bonds. The molecule has 1 heterocycles. The van der Waals surface area contributed by atoms with E-state index in [1.807, 2.05) is 31.2 Å². The van der Waals surface area contributed by atoms with Crippen LogP contribution < -0.4 is 10.1 Å². The molecule has 0 saturated heterocycles. The van der Waals surface area contributed by atoms with Crippen molar-refractivity contribution in [3.63, 3.8) is 0 Å². The van der Waals surface area contributed by atoms with E-state index in [1.54, 1.807) is 6.33 Å². The number of H-pyrrole nitrogens is 1. The summed E-state index contributed by atoms with van der Waals surface area (Å²) in [6, 6.07) is 8.00. The van der Waals surface area contributed by atoms with Gasteiger partial charge < -0.3 is 15.0 Å². The standard InChI is InChI=1S/C14H19N3O/c1-3-7-18-13-6-4-5-12(8-13)15-9-14-11(2)16-10-17-14/h4-6,8,10,15H,3,7,9H2,1-2H3,(H,16,17). The molecule has 0 aliphatic heterocycles. The fourth-order valence-electron chi connectivity index (χ4n) is 1.67. The molecule has 4 nitrogen and oxygen atoms in total. The fraction of sp³-hybridized carbons (Fsp3) is 0.357. The van der Waals surface area contributed by atoms with Crippen molar-refractivity contribution in [1.82, 2.24) is 9.97 Å². The minimum atomic E-state index is 0.715. The van der Waals surface area contributed by atoms with Crippen LogP contribution in [0.2, 0.25) is 0 Å². The minimum Gasteiger partial charge on any atom is -0.494 e. The highest BCUT2D eigenvalue weighted by molar-refractivity contribution is 5.48. The van der Waals surface area contributed by atoms with Crippen molar-refractivity contribution >= 4 is 5.69 Å². The topological polar surface area (TPSA) is 49.9 Å². The monoisotopic (exact) mass is 245 g/mol. The highest BCUT2D eigenvalue weighted by Gasteiger charge is 2.01. The first-order valence-electron chi connectivity index (χ1n) is 6.25. The largest absolute Gasteiger partial charge is 0.494 e. The summed E-state index contributed by atoms with van der Waals surface area (Å²) < 4.78 is 5.59. The summed E-state index contributed by atoms with van der Waals surface area (Å²) in [6.45, 7) is 5.59. The number of hydrogen-bond acceptors (Lipinski definition) is 3. The Morgan fingerprint density at radius 2 is 2.28 bits per heavy atom. The van der Waals surface area contributed by atoms with Gasteiger partial charge in [0.2, 0.25) is 0 Å². The lowest BCUT2D eigenvalue weighted by Crippen LogP contribution is -2.02. The van der Waals surface area contributed by atoms with Crippen molar-refractivity contribution in [3.8, 4) is 5.75 Å². The Balaban J connectivity index is 1.95. The molecular weight excluding hydrogens is 226 g/mol. The lowest BCUT2D eigenvalue weighted by molar-refractivity contribution is 0.317. The molecule has 2 rings (SSSR count). The van der Waals surface area contributed by atoms with Crippen LogP contribution in [-0.4, -0.2) is 16.6 Å². The number of ether oxygens (including phenoxy) is 1.